The fraction of sp³-hybridized carbons (Fsp3) is 0.0833. The Balaban J connectivity index is 0.000000135. The molecule has 370 valence electrons. The molecule has 1 aliphatic rings. The number of fused-ring (bicyclic) bond motifs is 5. The maximum Gasteiger partial charge on any atom is 0.0920 e. The van der Waals surface area contributed by atoms with Crippen LogP contribution in [0.1, 0.15) is 37.8 Å². The van der Waals surface area contributed by atoms with Gasteiger partial charge in [-0.25, -0.2) is 0 Å². The van der Waals surface area contributed by atoms with E-state index in [-0.39, 0.29) is 0 Å². The first-order valence-electron chi connectivity index (χ1n) is 26.2. The van der Waals surface area contributed by atoms with E-state index in [0.717, 1.165) is 35.2 Å². The van der Waals surface area contributed by atoms with Crippen molar-refractivity contribution < 1.29 is 20.8 Å². The van der Waals surface area contributed by atoms with Crippen LogP contribution in [0.3, 0.4) is 0 Å². The van der Waals surface area contributed by atoms with Crippen LogP contribution in [0.25, 0.3) is 99.4 Å². The molecule has 0 spiro atoms. The Kier molecular flexibility index (Phi) is 17.8. The standard InChI is InChI=1S/2C30H25.C12H7Si.2ClH.Zr/c2*1-2-11-22-20-25-18-19-27(24-14-7-4-8-15-24)30(29(25)21-22)28-17-10-9-16-26(28)23-12-5-3-6-13-23;1-3-7-11-9(5-1)10-6-2-4-8-12(10)13-11;;;/h2*3-10,12-21H,2,11H2,1H3;1-7H;2*1H;/q3*-1;;;+2/p-2. The predicted molar refractivity (Wildman–Crippen MR) is 327 cm³/mol. The molecule has 0 atom stereocenters. The summed E-state index contributed by atoms with van der Waals surface area (Å²) in [6.07, 6.45) is 4.57. The van der Waals surface area contributed by atoms with Crippen LogP contribution in [0.15, 0.2) is 261 Å². The zero-order valence-electron chi connectivity index (χ0n) is 42.9. The van der Waals surface area contributed by atoms with Gasteiger partial charge >= 0.3 is 37.9 Å². The fourth-order valence-corrected chi connectivity index (χ4v) is 12.0. The Morgan fingerprint density at radius 3 is 1.16 bits per heavy atom. The van der Waals surface area contributed by atoms with Crippen molar-refractivity contribution in [1.29, 1.82) is 0 Å². The summed E-state index contributed by atoms with van der Waals surface area (Å²) in [5, 5.41) is 8.18. The van der Waals surface area contributed by atoms with Crippen molar-refractivity contribution in [1.82, 2.24) is 0 Å². The summed E-state index contributed by atoms with van der Waals surface area (Å²) in [7, 11) is 10.7. The van der Waals surface area contributed by atoms with Gasteiger partial charge in [0, 0.05) is 0 Å². The number of halogens is 2. The second-order valence-corrected chi connectivity index (χ2v) is 24.0. The molecule has 13 rings (SSSR count). The van der Waals surface area contributed by atoms with E-state index >= 15 is 0 Å². The first-order valence-corrected chi connectivity index (χ1v) is 33.6. The van der Waals surface area contributed by atoms with Gasteiger partial charge in [-0.2, -0.15) is 41.6 Å². The van der Waals surface area contributed by atoms with Gasteiger partial charge in [0.25, 0.3) is 0 Å². The molecule has 0 nitrogen and oxygen atoms in total. The number of rotatable bonds is 10. The van der Waals surface area contributed by atoms with E-state index < -0.39 is 20.8 Å². The van der Waals surface area contributed by atoms with Crippen LogP contribution in [-0.2, 0) is 33.7 Å². The van der Waals surface area contributed by atoms with E-state index in [1.54, 1.807) is 0 Å². The normalized spacial score (nSPS) is 11.1. The molecule has 2 radical (unpaired) electrons. The molecule has 1 heterocycles. The molecular formula is C72H57Cl2SiZr-3. The molecule has 12 aromatic carbocycles. The van der Waals surface area contributed by atoms with Crippen LogP contribution in [0, 0.1) is 6.07 Å². The molecule has 76 heavy (non-hydrogen) atoms. The van der Waals surface area contributed by atoms with E-state index in [0.29, 0.717) is 0 Å². The van der Waals surface area contributed by atoms with E-state index in [9.17, 15) is 0 Å². The largest absolute Gasteiger partial charge is 0.184 e. The van der Waals surface area contributed by atoms with E-state index in [2.05, 4.69) is 275 Å². The second-order valence-electron chi connectivity index (χ2n) is 19.0. The summed E-state index contributed by atoms with van der Waals surface area (Å²) in [4.78, 5) is 0. The zero-order chi connectivity index (χ0) is 52.1. The van der Waals surface area contributed by atoms with Crippen molar-refractivity contribution in [2.75, 3.05) is 0 Å². The van der Waals surface area contributed by atoms with Crippen molar-refractivity contribution in [2.24, 2.45) is 0 Å². The van der Waals surface area contributed by atoms with Gasteiger partial charge in [0.05, 0.1) is 9.52 Å². The SMILES string of the molecule is CCCc1cc2c(-c3ccccc3-c3ccccc3)c(-c3ccccc3)ccc2[cH-]1.CCCc1cc2c(-c3ccccc3-c3ccccc3)c(-c3ccccc3)ccc2[cH-]1.[Cl][Zr][Cl].[c-]1cccc2c1[Si]c1ccccc1-2. The summed E-state index contributed by atoms with van der Waals surface area (Å²) >= 11 is -0.826. The molecule has 0 saturated carbocycles. The first-order chi connectivity index (χ1) is 37.6. The van der Waals surface area contributed by atoms with Crippen molar-refractivity contribution in [2.45, 2.75) is 39.5 Å². The smallest absolute Gasteiger partial charge is 0.0920 e. The second kappa shape index (κ2) is 25.8. The quantitative estimate of drug-likeness (QED) is 0.0946. The minimum atomic E-state index is -0.826. The van der Waals surface area contributed by atoms with Gasteiger partial charge in [0.15, 0.2) is 0 Å². The third-order valence-electron chi connectivity index (χ3n) is 14.0. The third-order valence-corrected chi connectivity index (χ3v) is 15.4. The molecule has 0 saturated heterocycles. The molecule has 0 unspecified atom stereocenters. The maximum atomic E-state index is 4.93. The number of hydrogen-bond donors (Lipinski definition) is 0. The van der Waals surface area contributed by atoms with Crippen LogP contribution in [0.4, 0.5) is 0 Å². The van der Waals surface area contributed by atoms with Crippen LogP contribution in [-0.4, -0.2) is 9.52 Å². The fourth-order valence-electron chi connectivity index (χ4n) is 10.7. The summed E-state index contributed by atoms with van der Waals surface area (Å²) in [5.74, 6) is 0. The molecule has 0 amide bonds. The minimum Gasteiger partial charge on any atom is -0.184 e. The molecule has 1 aliphatic heterocycles. The Labute approximate surface area is 470 Å². The van der Waals surface area contributed by atoms with Crippen molar-refractivity contribution in [3.63, 3.8) is 0 Å². The minimum absolute atomic E-state index is 0.795. The predicted octanol–water partition coefficient (Wildman–Crippen LogP) is 19.5. The number of aryl methyl sites for hydroxylation is 2. The number of benzene rings is 10. The van der Waals surface area contributed by atoms with Crippen LogP contribution >= 0.6 is 17.0 Å². The average Bonchev–Trinajstić information content (AvgIpc) is 4.27. The van der Waals surface area contributed by atoms with Gasteiger partial charge in [-0.3, -0.25) is 0 Å². The van der Waals surface area contributed by atoms with E-state index in [4.69, 9.17) is 17.0 Å². The number of hydrogen-bond acceptors (Lipinski definition) is 0. The van der Waals surface area contributed by atoms with Gasteiger partial charge in [-0.15, -0.1) is 62.5 Å². The van der Waals surface area contributed by atoms with Crippen LogP contribution in [0.5, 0.6) is 0 Å². The van der Waals surface area contributed by atoms with Crippen molar-refractivity contribution in [3.05, 3.63) is 278 Å². The van der Waals surface area contributed by atoms with Gasteiger partial charge in [0.2, 0.25) is 0 Å². The summed E-state index contributed by atoms with van der Waals surface area (Å²) in [6, 6.07) is 97.5. The summed E-state index contributed by atoms with van der Waals surface area (Å²) in [6.45, 7) is 4.50. The average molecular weight is 1110 g/mol. The molecular weight excluding hydrogens is 1060 g/mol. The maximum absolute atomic E-state index is 4.93. The Bertz CT molecular complexity index is 3550. The summed E-state index contributed by atoms with van der Waals surface area (Å²) < 4.78 is 0. The third kappa shape index (κ3) is 11.9. The molecule has 0 fully saturated rings. The van der Waals surface area contributed by atoms with Crippen molar-refractivity contribution >= 4 is 58.5 Å². The molecule has 12 aromatic rings. The Morgan fingerprint density at radius 2 is 0.737 bits per heavy atom. The van der Waals surface area contributed by atoms with Gasteiger partial charge in [-0.05, 0) is 68.5 Å². The molecule has 0 bridgehead atoms. The molecule has 0 N–H and O–H groups in total. The van der Waals surface area contributed by atoms with Crippen LogP contribution < -0.4 is 10.4 Å². The van der Waals surface area contributed by atoms with E-state index in [1.807, 2.05) is 6.07 Å². The van der Waals surface area contributed by atoms with Gasteiger partial charge < -0.3 is 0 Å². The van der Waals surface area contributed by atoms with Crippen LogP contribution in [0.2, 0.25) is 0 Å². The Hall–Kier alpha value is -6.90. The monoisotopic (exact) mass is 1110 g/mol. The first kappa shape index (κ1) is 52.5. The topological polar surface area (TPSA) is 0 Å². The molecule has 4 heteroatoms. The molecule has 0 aromatic heterocycles. The van der Waals surface area contributed by atoms with Gasteiger partial charge in [-0.1, -0.05) is 255 Å². The van der Waals surface area contributed by atoms with Crippen molar-refractivity contribution in [3.8, 4) is 77.9 Å². The summed E-state index contributed by atoms with van der Waals surface area (Å²) in [5.41, 5.74) is 21.0. The Morgan fingerprint density at radius 1 is 0.382 bits per heavy atom. The van der Waals surface area contributed by atoms with E-state index in [1.165, 1.54) is 121 Å². The van der Waals surface area contributed by atoms with Gasteiger partial charge in [0.1, 0.15) is 0 Å². The zero-order valence-corrected chi connectivity index (χ0v) is 47.9. The molecule has 0 aliphatic carbocycles.